The van der Waals surface area contributed by atoms with Crippen molar-refractivity contribution in [2.45, 2.75) is 31.7 Å². The second-order valence-electron chi connectivity index (χ2n) is 5.66. The molecule has 0 saturated carbocycles. The summed E-state index contributed by atoms with van der Waals surface area (Å²) in [6, 6.07) is 7.31. The lowest BCUT2D eigenvalue weighted by Gasteiger charge is -2.32. The van der Waals surface area contributed by atoms with Crippen molar-refractivity contribution in [2.75, 3.05) is 19.3 Å². The number of nitrogens with one attached hydrogen (secondary N) is 1. The standard InChI is InChI=1S/C15H21ClN2O3S/c1-22(20,21)17-13-6-4-10-18(11-13)15(19)9-8-12-5-2-3-7-14(12)16/h2-3,5,7,13,17H,4,6,8-11H2,1H3. The Hall–Kier alpha value is -1.11. The van der Waals surface area contributed by atoms with E-state index in [0.717, 1.165) is 24.7 Å². The molecule has 1 aliphatic rings. The Morgan fingerprint density at radius 3 is 2.82 bits per heavy atom. The maximum atomic E-state index is 12.3. The van der Waals surface area contributed by atoms with Crippen LogP contribution in [-0.2, 0) is 21.2 Å². The Bertz CT molecular complexity index is 633. The van der Waals surface area contributed by atoms with Gasteiger partial charge in [0.2, 0.25) is 15.9 Å². The van der Waals surface area contributed by atoms with E-state index in [4.69, 9.17) is 11.6 Å². The van der Waals surface area contributed by atoms with Crippen LogP contribution in [0.2, 0.25) is 5.02 Å². The Morgan fingerprint density at radius 1 is 1.41 bits per heavy atom. The van der Waals surface area contributed by atoms with Crippen LogP contribution in [0.5, 0.6) is 0 Å². The minimum Gasteiger partial charge on any atom is -0.341 e. The number of hydrogen-bond donors (Lipinski definition) is 1. The second kappa shape index (κ2) is 7.44. The van der Waals surface area contributed by atoms with Gasteiger partial charge < -0.3 is 4.90 Å². The zero-order chi connectivity index (χ0) is 16.2. The molecule has 0 aliphatic carbocycles. The van der Waals surface area contributed by atoms with Gasteiger partial charge in [-0.1, -0.05) is 29.8 Å². The predicted octanol–water partition coefficient (Wildman–Crippen LogP) is 1.81. The first-order valence-electron chi connectivity index (χ1n) is 7.33. The van der Waals surface area contributed by atoms with Gasteiger partial charge in [-0.25, -0.2) is 13.1 Å². The molecule has 1 aromatic carbocycles. The average molecular weight is 345 g/mol. The number of likely N-dealkylation sites (tertiary alicyclic amines) is 1. The lowest BCUT2D eigenvalue weighted by molar-refractivity contribution is -0.132. The van der Waals surface area contributed by atoms with Gasteiger partial charge in [0, 0.05) is 30.6 Å². The molecule has 1 N–H and O–H groups in total. The highest BCUT2D eigenvalue weighted by Crippen LogP contribution is 2.18. The highest BCUT2D eigenvalue weighted by molar-refractivity contribution is 7.88. The van der Waals surface area contributed by atoms with Crippen molar-refractivity contribution in [3.05, 3.63) is 34.9 Å². The van der Waals surface area contributed by atoms with E-state index in [1.807, 2.05) is 24.3 Å². The number of aryl methyl sites for hydroxylation is 1. The van der Waals surface area contributed by atoms with Crippen LogP contribution in [0.25, 0.3) is 0 Å². The summed E-state index contributed by atoms with van der Waals surface area (Å²) < 4.78 is 25.2. The van der Waals surface area contributed by atoms with Gasteiger partial charge in [-0.2, -0.15) is 0 Å². The lowest BCUT2D eigenvalue weighted by atomic mass is 10.0. The molecule has 1 aromatic rings. The molecular weight excluding hydrogens is 324 g/mol. The normalized spacial score (nSPS) is 19.2. The first kappa shape index (κ1) is 17.2. The van der Waals surface area contributed by atoms with Gasteiger partial charge in [0.1, 0.15) is 0 Å². The van der Waals surface area contributed by atoms with Crippen molar-refractivity contribution in [1.82, 2.24) is 9.62 Å². The zero-order valence-corrected chi connectivity index (χ0v) is 14.2. The maximum Gasteiger partial charge on any atom is 0.222 e. The van der Waals surface area contributed by atoms with Crippen LogP contribution in [0, 0.1) is 0 Å². The molecule has 5 nitrogen and oxygen atoms in total. The largest absolute Gasteiger partial charge is 0.341 e. The van der Waals surface area contributed by atoms with Crippen LogP contribution in [0.4, 0.5) is 0 Å². The monoisotopic (exact) mass is 344 g/mol. The summed E-state index contributed by atoms with van der Waals surface area (Å²) in [4.78, 5) is 14.0. The second-order valence-corrected chi connectivity index (χ2v) is 7.85. The molecule has 1 saturated heterocycles. The molecule has 0 aromatic heterocycles. The molecule has 1 amide bonds. The lowest BCUT2D eigenvalue weighted by Crippen LogP contribution is -2.49. The van der Waals surface area contributed by atoms with Gasteiger partial charge in [0.25, 0.3) is 0 Å². The summed E-state index contributed by atoms with van der Waals surface area (Å²) in [5.41, 5.74) is 0.959. The Morgan fingerprint density at radius 2 is 2.14 bits per heavy atom. The summed E-state index contributed by atoms with van der Waals surface area (Å²) in [5.74, 6) is 0.0416. The molecule has 1 unspecified atom stereocenters. The van der Waals surface area contributed by atoms with Crippen molar-refractivity contribution in [3.63, 3.8) is 0 Å². The third-order valence-electron chi connectivity index (χ3n) is 3.72. The predicted molar refractivity (Wildman–Crippen MR) is 87.4 cm³/mol. The quantitative estimate of drug-likeness (QED) is 0.886. The molecule has 22 heavy (non-hydrogen) atoms. The van der Waals surface area contributed by atoms with Crippen molar-refractivity contribution < 1.29 is 13.2 Å². The summed E-state index contributed by atoms with van der Waals surface area (Å²) in [7, 11) is -3.24. The van der Waals surface area contributed by atoms with E-state index in [2.05, 4.69) is 4.72 Å². The molecule has 1 heterocycles. The fraction of sp³-hybridized carbons (Fsp3) is 0.533. The number of sulfonamides is 1. The van der Waals surface area contributed by atoms with Gasteiger partial charge in [-0.3, -0.25) is 4.79 Å². The SMILES string of the molecule is CS(=O)(=O)NC1CCCN(C(=O)CCc2ccccc2Cl)C1. The van der Waals surface area contributed by atoms with Crippen molar-refractivity contribution >= 4 is 27.5 Å². The highest BCUT2D eigenvalue weighted by Gasteiger charge is 2.25. The third-order valence-corrected chi connectivity index (χ3v) is 4.85. The van der Waals surface area contributed by atoms with E-state index in [9.17, 15) is 13.2 Å². The molecule has 122 valence electrons. The molecule has 0 radical (unpaired) electrons. The van der Waals surface area contributed by atoms with Gasteiger partial charge in [0.15, 0.2) is 0 Å². The van der Waals surface area contributed by atoms with Crippen molar-refractivity contribution in [2.24, 2.45) is 0 Å². The number of halogens is 1. The van der Waals surface area contributed by atoms with Crippen molar-refractivity contribution in [1.29, 1.82) is 0 Å². The number of carbonyl (C=O) groups excluding carboxylic acids is 1. The van der Waals surface area contributed by atoms with Crippen LogP contribution >= 0.6 is 11.6 Å². The van der Waals surface area contributed by atoms with Crippen LogP contribution in [-0.4, -0.2) is 44.6 Å². The number of rotatable bonds is 5. The summed E-state index contributed by atoms with van der Waals surface area (Å²) in [6.07, 6.45) is 3.70. The zero-order valence-electron chi connectivity index (χ0n) is 12.6. The smallest absolute Gasteiger partial charge is 0.222 e. The molecular formula is C15H21ClN2O3S. The Labute approximate surface area is 136 Å². The number of benzene rings is 1. The molecule has 2 rings (SSSR count). The molecule has 1 aliphatic heterocycles. The Balaban J connectivity index is 1.88. The van der Waals surface area contributed by atoms with Gasteiger partial charge in [-0.15, -0.1) is 0 Å². The van der Waals surface area contributed by atoms with E-state index < -0.39 is 10.0 Å². The molecule has 0 bridgehead atoms. The number of amides is 1. The molecule has 1 atom stereocenters. The highest BCUT2D eigenvalue weighted by atomic mass is 35.5. The van der Waals surface area contributed by atoms with Gasteiger partial charge >= 0.3 is 0 Å². The summed E-state index contributed by atoms with van der Waals surface area (Å²) >= 11 is 6.09. The molecule has 0 spiro atoms. The summed E-state index contributed by atoms with van der Waals surface area (Å²) in [6.45, 7) is 1.12. The van der Waals surface area contributed by atoms with E-state index in [1.165, 1.54) is 0 Å². The van der Waals surface area contributed by atoms with Gasteiger partial charge in [0.05, 0.1) is 6.26 Å². The molecule has 1 fully saturated rings. The maximum absolute atomic E-state index is 12.3. The van der Waals surface area contributed by atoms with Crippen LogP contribution in [0.15, 0.2) is 24.3 Å². The number of carbonyl (C=O) groups is 1. The van der Waals surface area contributed by atoms with Crippen LogP contribution < -0.4 is 4.72 Å². The number of nitrogens with zero attached hydrogens (tertiary/aromatic N) is 1. The number of piperidine rings is 1. The first-order chi connectivity index (χ1) is 10.3. The third kappa shape index (κ3) is 5.26. The molecule has 7 heteroatoms. The summed E-state index contributed by atoms with van der Waals surface area (Å²) in [5, 5.41) is 0.672. The Kier molecular flexibility index (Phi) is 5.83. The van der Waals surface area contributed by atoms with E-state index >= 15 is 0 Å². The van der Waals surface area contributed by atoms with Crippen LogP contribution in [0.3, 0.4) is 0 Å². The topological polar surface area (TPSA) is 66.5 Å². The number of hydrogen-bond acceptors (Lipinski definition) is 3. The minimum absolute atomic E-state index is 0.0416. The first-order valence-corrected chi connectivity index (χ1v) is 9.60. The van der Waals surface area contributed by atoms with Gasteiger partial charge in [-0.05, 0) is 30.9 Å². The van der Waals surface area contributed by atoms with E-state index in [-0.39, 0.29) is 11.9 Å². The van der Waals surface area contributed by atoms with E-state index in [0.29, 0.717) is 31.0 Å². The van der Waals surface area contributed by atoms with Crippen molar-refractivity contribution in [3.8, 4) is 0 Å². The fourth-order valence-electron chi connectivity index (χ4n) is 2.70. The fourth-order valence-corrected chi connectivity index (χ4v) is 3.73. The minimum atomic E-state index is -3.24. The average Bonchev–Trinajstić information content (AvgIpc) is 2.44. The van der Waals surface area contributed by atoms with Crippen LogP contribution in [0.1, 0.15) is 24.8 Å². The van der Waals surface area contributed by atoms with E-state index in [1.54, 1.807) is 4.90 Å².